The molecule has 0 atom stereocenters. The predicted molar refractivity (Wildman–Crippen MR) is 90.9 cm³/mol. The molecule has 0 amide bonds. The van der Waals surface area contributed by atoms with Crippen LogP contribution in [0.15, 0.2) is 46.2 Å². The Hall–Kier alpha value is -2.32. The second-order valence-corrected chi connectivity index (χ2v) is 6.59. The quantitative estimate of drug-likeness (QED) is 0.509. The van der Waals surface area contributed by atoms with Gasteiger partial charge in [0, 0.05) is 12.1 Å². The maximum Gasteiger partial charge on any atom is 0.210 e. The largest absolute Gasteiger partial charge is 0.467 e. The van der Waals surface area contributed by atoms with E-state index < -0.39 is 0 Å². The van der Waals surface area contributed by atoms with Gasteiger partial charge in [-0.05, 0) is 40.8 Å². The smallest absolute Gasteiger partial charge is 0.210 e. The third kappa shape index (κ3) is 2.90. The minimum atomic E-state index is 0.500. The molecule has 4 rings (SSSR count). The third-order valence-electron chi connectivity index (χ3n) is 3.65. The molecule has 4 aromatic rings. The predicted octanol–water partition coefficient (Wildman–Crippen LogP) is 3.15. The number of tetrazole rings is 1. The number of benzene rings is 1. The van der Waals surface area contributed by atoms with E-state index in [-0.39, 0.29) is 0 Å². The normalized spacial score (nSPS) is 11.4. The second-order valence-electron chi connectivity index (χ2n) is 5.21. The molecule has 0 saturated carbocycles. The lowest BCUT2D eigenvalue weighted by atomic mass is 10.3. The van der Waals surface area contributed by atoms with Crippen LogP contribution in [0.5, 0.6) is 0 Å². The number of hydrogen-bond acceptors (Lipinski definition) is 6. The summed E-state index contributed by atoms with van der Waals surface area (Å²) >= 11 is 7.56. The SMILES string of the molecule is Cn1c(CSc2nnnn2Cc2ccco2)nc2cc(Cl)ccc21. The van der Waals surface area contributed by atoms with Crippen LogP contribution in [0.3, 0.4) is 0 Å². The standard InChI is InChI=1S/C15H13ClN6OS/c1-21-13-5-4-10(16)7-12(13)17-14(21)9-24-15-18-19-20-22(15)8-11-3-2-6-23-11/h2-7H,8-9H2,1H3. The first-order chi connectivity index (χ1) is 11.7. The first-order valence-corrected chi connectivity index (χ1v) is 8.59. The zero-order chi connectivity index (χ0) is 16.5. The number of aromatic nitrogens is 6. The molecular formula is C15H13ClN6OS. The fourth-order valence-electron chi connectivity index (χ4n) is 2.43. The molecule has 7 nitrogen and oxygen atoms in total. The van der Waals surface area contributed by atoms with Crippen LogP contribution in [-0.4, -0.2) is 29.8 Å². The molecule has 0 N–H and O–H groups in total. The van der Waals surface area contributed by atoms with Crippen molar-refractivity contribution in [2.45, 2.75) is 17.5 Å². The molecule has 0 aliphatic rings. The Kier molecular flexibility index (Phi) is 3.99. The molecule has 0 fully saturated rings. The summed E-state index contributed by atoms with van der Waals surface area (Å²) in [6, 6.07) is 9.45. The molecule has 24 heavy (non-hydrogen) atoms. The highest BCUT2D eigenvalue weighted by Crippen LogP contribution is 2.24. The number of nitrogens with zero attached hydrogens (tertiary/aromatic N) is 6. The summed E-state index contributed by atoms with van der Waals surface area (Å²) in [5.74, 6) is 2.40. The molecule has 1 aromatic carbocycles. The minimum Gasteiger partial charge on any atom is -0.467 e. The molecule has 3 heterocycles. The number of rotatable bonds is 5. The molecule has 9 heteroatoms. The van der Waals surface area contributed by atoms with Gasteiger partial charge in [-0.15, -0.1) is 5.10 Å². The number of imidazole rings is 1. The fourth-order valence-corrected chi connectivity index (χ4v) is 3.46. The summed E-state index contributed by atoms with van der Waals surface area (Å²) in [6.07, 6.45) is 1.64. The molecule has 0 radical (unpaired) electrons. The monoisotopic (exact) mass is 360 g/mol. The summed E-state index contributed by atoms with van der Waals surface area (Å²) in [5, 5.41) is 13.2. The van der Waals surface area contributed by atoms with Gasteiger partial charge in [0.1, 0.15) is 18.1 Å². The van der Waals surface area contributed by atoms with Gasteiger partial charge in [0.05, 0.1) is 23.0 Å². The van der Waals surface area contributed by atoms with Crippen LogP contribution >= 0.6 is 23.4 Å². The van der Waals surface area contributed by atoms with E-state index >= 15 is 0 Å². The summed E-state index contributed by atoms with van der Waals surface area (Å²) in [6.45, 7) is 0.500. The van der Waals surface area contributed by atoms with E-state index in [1.165, 1.54) is 11.8 Å². The van der Waals surface area contributed by atoms with Crippen LogP contribution in [0.4, 0.5) is 0 Å². The molecule has 0 saturated heterocycles. The van der Waals surface area contributed by atoms with E-state index in [0.717, 1.165) is 27.8 Å². The lowest BCUT2D eigenvalue weighted by Crippen LogP contribution is -2.03. The lowest BCUT2D eigenvalue weighted by molar-refractivity contribution is 0.462. The molecule has 3 aromatic heterocycles. The van der Waals surface area contributed by atoms with E-state index in [4.69, 9.17) is 16.0 Å². The average Bonchev–Trinajstić information content (AvgIpc) is 3.28. The van der Waals surface area contributed by atoms with E-state index in [2.05, 4.69) is 25.1 Å². The number of halogens is 1. The van der Waals surface area contributed by atoms with Gasteiger partial charge in [-0.3, -0.25) is 0 Å². The third-order valence-corrected chi connectivity index (χ3v) is 4.84. The Balaban J connectivity index is 1.53. The zero-order valence-electron chi connectivity index (χ0n) is 12.8. The van der Waals surface area contributed by atoms with Crippen LogP contribution in [0.2, 0.25) is 5.02 Å². The molecule has 0 unspecified atom stereocenters. The maximum atomic E-state index is 6.03. The zero-order valence-corrected chi connectivity index (χ0v) is 14.3. The van der Waals surface area contributed by atoms with E-state index in [1.54, 1.807) is 10.9 Å². The van der Waals surface area contributed by atoms with Gasteiger partial charge in [0.15, 0.2) is 0 Å². The summed E-state index contributed by atoms with van der Waals surface area (Å²) in [4.78, 5) is 4.64. The number of thioether (sulfide) groups is 1. The van der Waals surface area contributed by atoms with Crippen molar-refractivity contribution >= 4 is 34.4 Å². The van der Waals surface area contributed by atoms with Crippen molar-refractivity contribution < 1.29 is 4.42 Å². The van der Waals surface area contributed by atoms with Crippen molar-refractivity contribution in [2.24, 2.45) is 7.05 Å². The van der Waals surface area contributed by atoms with Crippen molar-refractivity contribution in [3.05, 3.63) is 53.2 Å². The van der Waals surface area contributed by atoms with Gasteiger partial charge in [0.2, 0.25) is 5.16 Å². The van der Waals surface area contributed by atoms with Crippen molar-refractivity contribution in [2.75, 3.05) is 0 Å². The molecule has 0 aliphatic carbocycles. The van der Waals surface area contributed by atoms with Gasteiger partial charge in [-0.1, -0.05) is 23.4 Å². The number of aryl methyl sites for hydroxylation is 1. The van der Waals surface area contributed by atoms with Gasteiger partial charge in [0.25, 0.3) is 0 Å². The van der Waals surface area contributed by atoms with Gasteiger partial charge >= 0.3 is 0 Å². The molecule has 0 spiro atoms. The number of fused-ring (bicyclic) bond motifs is 1. The fraction of sp³-hybridized carbons (Fsp3) is 0.200. The average molecular weight is 361 g/mol. The van der Waals surface area contributed by atoms with Gasteiger partial charge < -0.3 is 8.98 Å². The van der Waals surface area contributed by atoms with Crippen LogP contribution in [0.25, 0.3) is 11.0 Å². The summed E-state index contributed by atoms with van der Waals surface area (Å²) < 4.78 is 9.11. The Morgan fingerprint density at radius 1 is 1.29 bits per heavy atom. The van der Waals surface area contributed by atoms with E-state index in [0.29, 0.717) is 17.3 Å². The van der Waals surface area contributed by atoms with E-state index in [1.807, 2.05) is 37.4 Å². The Labute approximate surface area is 146 Å². The molecule has 122 valence electrons. The van der Waals surface area contributed by atoms with Gasteiger partial charge in [-0.25, -0.2) is 9.67 Å². The van der Waals surface area contributed by atoms with E-state index in [9.17, 15) is 0 Å². The highest BCUT2D eigenvalue weighted by atomic mass is 35.5. The second kappa shape index (κ2) is 6.29. The molecule has 0 bridgehead atoms. The first-order valence-electron chi connectivity index (χ1n) is 7.23. The van der Waals surface area contributed by atoms with Crippen LogP contribution in [0, 0.1) is 0 Å². The Morgan fingerprint density at radius 2 is 2.21 bits per heavy atom. The van der Waals surface area contributed by atoms with Crippen LogP contribution < -0.4 is 0 Å². The highest BCUT2D eigenvalue weighted by Gasteiger charge is 2.13. The van der Waals surface area contributed by atoms with Gasteiger partial charge in [-0.2, -0.15) is 0 Å². The van der Waals surface area contributed by atoms with Crippen molar-refractivity contribution in [1.29, 1.82) is 0 Å². The summed E-state index contributed by atoms with van der Waals surface area (Å²) in [5.41, 5.74) is 1.93. The topological polar surface area (TPSA) is 74.6 Å². The first kappa shape index (κ1) is 15.2. The molecule has 0 aliphatic heterocycles. The number of furan rings is 1. The van der Waals surface area contributed by atoms with Crippen molar-refractivity contribution in [1.82, 2.24) is 29.8 Å². The summed E-state index contributed by atoms with van der Waals surface area (Å²) in [7, 11) is 1.99. The van der Waals surface area contributed by atoms with Crippen LogP contribution in [0.1, 0.15) is 11.6 Å². The number of hydrogen-bond donors (Lipinski definition) is 0. The highest BCUT2D eigenvalue weighted by molar-refractivity contribution is 7.98. The Bertz CT molecular complexity index is 977. The minimum absolute atomic E-state index is 0.500. The maximum absolute atomic E-state index is 6.03. The molecular weight excluding hydrogens is 348 g/mol. The van der Waals surface area contributed by atoms with Crippen LogP contribution in [-0.2, 0) is 19.3 Å². The Morgan fingerprint density at radius 3 is 3.04 bits per heavy atom. The van der Waals surface area contributed by atoms with Crippen molar-refractivity contribution in [3.8, 4) is 0 Å². The lowest BCUT2D eigenvalue weighted by Gasteiger charge is -2.03. The van der Waals surface area contributed by atoms with Crippen molar-refractivity contribution in [3.63, 3.8) is 0 Å².